The molecule has 0 amide bonds. The lowest BCUT2D eigenvalue weighted by atomic mass is 10.1. The number of nitrogens with zero attached hydrogens (tertiary/aromatic N) is 8. The molecule has 0 aromatic carbocycles. The van der Waals surface area contributed by atoms with Crippen molar-refractivity contribution in [3.63, 3.8) is 0 Å². The van der Waals surface area contributed by atoms with Crippen molar-refractivity contribution in [2.45, 2.75) is 38.3 Å². The first-order valence-electron chi connectivity index (χ1n) is 12.8. The van der Waals surface area contributed by atoms with Crippen LogP contribution in [0, 0.1) is 6.92 Å². The SMILES string of the molecule is Cc1cc(Nc2cc(N3CC[C@@H](N(C)C)C3)nc(N3CCCC3c3cc(-c4ccccn4)no3)n2)n[nH]1. The third kappa shape index (κ3) is 4.86. The Hall–Kier alpha value is -3.99. The molecule has 0 spiro atoms. The summed E-state index contributed by atoms with van der Waals surface area (Å²) >= 11 is 0. The minimum atomic E-state index is 0.00814. The van der Waals surface area contributed by atoms with Gasteiger partial charge in [0.25, 0.3) is 0 Å². The van der Waals surface area contributed by atoms with Crippen molar-refractivity contribution in [1.82, 2.24) is 35.2 Å². The summed E-state index contributed by atoms with van der Waals surface area (Å²) in [6.45, 7) is 4.71. The predicted molar refractivity (Wildman–Crippen MR) is 142 cm³/mol. The first-order chi connectivity index (χ1) is 18.0. The van der Waals surface area contributed by atoms with Gasteiger partial charge in [0.05, 0.1) is 11.7 Å². The summed E-state index contributed by atoms with van der Waals surface area (Å²) in [7, 11) is 4.27. The highest BCUT2D eigenvalue weighted by Gasteiger charge is 2.33. The van der Waals surface area contributed by atoms with Crippen LogP contribution in [0.4, 0.5) is 23.4 Å². The molecule has 2 saturated heterocycles. The molecular weight excluding hydrogens is 468 g/mol. The van der Waals surface area contributed by atoms with Crippen molar-refractivity contribution in [3.05, 3.63) is 54.0 Å². The number of anilines is 4. The van der Waals surface area contributed by atoms with Crippen molar-refractivity contribution in [2.24, 2.45) is 0 Å². The largest absolute Gasteiger partial charge is 0.358 e. The van der Waals surface area contributed by atoms with Crippen LogP contribution >= 0.6 is 0 Å². The lowest BCUT2D eigenvalue weighted by Crippen LogP contribution is -2.32. The van der Waals surface area contributed by atoms with E-state index in [1.807, 2.05) is 43.3 Å². The molecule has 0 aliphatic carbocycles. The first-order valence-corrected chi connectivity index (χ1v) is 12.8. The fourth-order valence-electron chi connectivity index (χ4n) is 5.14. The Morgan fingerprint density at radius 3 is 2.73 bits per heavy atom. The lowest BCUT2D eigenvalue weighted by Gasteiger charge is -2.26. The molecule has 0 bridgehead atoms. The van der Waals surface area contributed by atoms with Gasteiger partial charge in [-0.1, -0.05) is 11.2 Å². The molecule has 6 rings (SSSR count). The summed E-state index contributed by atoms with van der Waals surface area (Å²) in [5.74, 6) is 3.85. The number of pyridine rings is 1. The van der Waals surface area contributed by atoms with E-state index in [1.54, 1.807) is 6.20 Å². The number of rotatable bonds is 7. The quantitative estimate of drug-likeness (QED) is 0.388. The van der Waals surface area contributed by atoms with E-state index in [2.05, 4.69) is 54.4 Å². The average Bonchev–Trinajstić information content (AvgIpc) is 3.71. The molecule has 37 heavy (non-hydrogen) atoms. The van der Waals surface area contributed by atoms with Crippen molar-refractivity contribution in [1.29, 1.82) is 0 Å². The lowest BCUT2D eigenvalue weighted by molar-refractivity contribution is 0.315. The Morgan fingerprint density at radius 2 is 1.97 bits per heavy atom. The predicted octanol–water partition coefficient (Wildman–Crippen LogP) is 3.78. The molecule has 6 heterocycles. The van der Waals surface area contributed by atoms with Crippen LogP contribution in [0.15, 0.2) is 47.1 Å². The van der Waals surface area contributed by atoms with Gasteiger partial charge in [-0.05, 0) is 52.4 Å². The number of H-pyrrole nitrogens is 1. The molecule has 2 fully saturated rings. The molecule has 4 aromatic rings. The average molecular weight is 501 g/mol. The molecule has 11 nitrogen and oxygen atoms in total. The van der Waals surface area contributed by atoms with Crippen molar-refractivity contribution in [2.75, 3.05) is 48.8 Å². The van der Waals surface area contributed by atoms with E-state index in [1.165, 1.54) is 0 Å². The van der Waals surface area contributed by atoms with Crippen molar-refractivity contribution < 1.29 is 4.52 Å². The van der Waals surface area contributed by atoms with Gasteiger partial charge in [0.1, 0.15) is 17.3 Å². The van der Waals surface area contributed by atoms with Crippen LogP contribution in [0.3, 0.4) is 0 Å². The van der Waals surface area contributed by atoms with E-state index in [-0.39, 0.29) is 6.04 Å². The van der Waals surface area contributed by atoms with Gasteiger partial charge < -0.3 is 24.5 Å². The fourth-order valence-corrected chi connectivity index (χ4v) is 5.14. The van der Waals surface area contributed by atoms with Crippen LogP contribution in [0.25, 0.3) is 11.4 Å². The fraction of sp³-hybridized carbons (Fsp3) is 0.423. The molecule has 2 atom stereocenters. The Bertz CT molecular complexity index is 1350. The standard InChI is InChI=1S/C26H32N10O/c1-17-13-24(32-31-17)28-23-15-25(35-12-9-18(16-35)34(2)3)30-26(29-23)36-11-6-8-21(36)22-14-20(33-37-22)19-7-4-5-10-27-19/h4-5,7,10,13-15,18,21H,6,8-9,11-12,16H2,1-3H3,(H2,28,29,30,31,32)/t18-,21?/m1/s1. The van der Waals surface area contributed by atoms with E-state index >= 15 is 0 Å². The highest BCUT2D eigenvalue weighted by molar-refractivity contribution is 5.61. The normalized spacial score (nSPS) is 19.8. The Labute approximate surface area is 215 Å². The van der Waals surface area contributed by atoms with Gasteiger partial charge in [0.2, 0.25) is 5.95 Å². The number of hydrogen-bond donors (Lipinski definition) is 2. The molecule has 192 valence electrons. The number of hydrogen-bond acceptors (Lipinski definition) is 10. The second-order valence-corrected chi connectivity index (χ2v) is 10.0. The van der Waals surface area contributed by atoms with Gasteiger partial charge in [-0.3, -0.25) is 10.1 Å². The summed E-state index contributed by atoms with van der Waals surface area (Å²) < 4.78 is 5.82. The van der Waals surface area contributed by atoms with Gasteiger partial charge >= 0.3 is 0 Å². The van der Waals surface area contributed by atoms with Gasteiger partial charge in [-0.2, -0.15) is 15.1 Å². The summed E-state index contributed by atoms with van der Waals surface area (Å²) in [5, 5.41) is 15.0. The molecule has 0 saturated carbocycles. The highest BCUT2D eigenvalue weighted by atomic mass is 16.5. The number of likely N-dealkylation sites (N-methyl/N-ethyl adjacent to an activating group) is 1. The van der Waals surface area contributed by atoms with E-state index in [0.717, 1.165) is 79.2 Å². The third-order valence-corrected chi connectivity index (χ3v) is 7.17. The Kier molecular flexibility index (Phi) is 6.21. The van der Waals surface area contributed by atoms with Gasteiger partial charge in [0, 0.05) is 55.8 Å². The van der Waals surface area contributed by atoms with Gasteiger partial charge in [-0.25, -0.2) is 0 Å². The van der Waals surface area contributed by atoms with Crippen molar-refractivity contribution >= 4 is 23.4 Å². The monoisotopic (exact) mass is 500 g/mol. The number of aryl methyl sites for hydroxylation is 1. The molecule has 2 aliphatic heterocycles. The minimum absolute atomic E-state index is 0.00814. The summed E-state index contributed by atoms with van der Waals surface area (Å²) in [5.41, 5.74) is 2.52. The molecular formula is C26H32N10O. The highest BCUT2D eigenvalue weighted by Crippen LogP contribution is 2.37. The smallest absolute Gasteiger partial charge is 0.229 e. The van der Waals surface area contributed by atoms with Crippen LogP contribution in [0.5, 0.6) is 0 Å². The zero-order chi connectivity index (χ0) is 25.4. The van der Waals surface area contributed by atoms with E-state index < -0.39 is 0 Å². The molecule has 11 heteroatoms. The molecule has 4 aromatic heterocycles. The zero-order valence-electron chi connectivity index (χ0n) is 21.4. The summed E-state index contributed by atoms with van der Waals surface area (Å²) in [6.07, 6.45) is 4.83. The van der Waals surface area contributed by atoms with Crippen LogP contribution in [0.2, 0.25) is 0 Å². The molecule has 1 unspecified atom stereocenters. The topological polar surface area (TPSA) is 115 Å². The third-order valence-electron chi connectivity index (χ3n) is 7.17. The van der Waals surface area contributed by atoms with Crippen LogP contribution in [-0.4, -0.2) is 75.0 Å². The van der Waals surface area contributed by atoms with Crippen LogP contribution < -0.4 is 15.1 Å². The molecule has 2 aliphatic rings. The van der Waals surface area contributed by atoms with Crippen LogP contribution in [-0.2, 0) is 0 Å². The van der Waals surface area contributed by atoms with Crippen molar-refractivity contribution in [3.8, 4) is 11.4 Å². The maximum atomic E-state index is 5.82. The van der Waals surface area contributed by atoms with Crippen LogP contribution in [0.1, 0.15) is 36.8 Å². The minimum Gasteiger partial charge on any atom is -0.358 e. The van der Waals surface area contributed by atoms with Gasteiger partial charge in [-0.15, -0.1) is 0 Å². The molecule has 2 N–H and O–H groups in total. The Morgan fingerprint density at radius 1 is 1.05 bits per heavy atom. The number of aromatic amines is 1. The zero-order valence-corrected chi connectivity index (χ0v) is 21.4. The summed E-state index contributed by atoms with van der Waals surface area (Å²) in [4.78, 5) is 21.2. The van der Waals surface area contributed by atoms with Gasteiger partial charge in [0.15, 0.2) is 11.6 Å². The number of aromatic nitrogens is 6. The molecule has 0 radical (unpaired) electrons. The second kappa shape index (κ2) is 9.81. The summed E-state index contributed by atoms with van der Waals surface area (Å²) in [6, 6.07) is 12.3. The first kappa shape index (κ1) is 23.4. The van der Waals surface area contributed by atoms with E-state index in [0.29, 0.717) is 12.0 Å². The van der Waals surface area contributed by atoms with E-state index in [9.17, 15) is 0 Å². The van der Waals surface area contributed by atoms with E-state index in [4.69, 9.17) is 14.5 Å². The maximum Gasteiger partial charge on any atom is 0.229 e. The Balaban J connectivity index is 1.32. The number of nitrogens with one attached hydrogen (secondary N) is 2. The second-order valence-electron chi connectivity index (χ2n) is 10.0. The maximum absolute atomic E-state index is 5.82.